The maximum absolute atomic E-state index is 12.0. The highest BCUT2D eigenvalue weighted by atomic mass is 16.2. The number of rotatable bonds is 6. The van der Waals surface area contributed by atoms with Crippen molar-refractivity contribution in [1.82, 2.24) is 25.1 Å². The summed E-state index contributed by atoms with van der Waals surface area (Å²) in [5.74, 6) is 1.05. The normalized spacial score (nSPS) is 10.5. The second-order valence-corrected chi connectivity index (χ2v) is 6.07. The summed E-state index contributed by atoms with van der Waals surface area (Å²) in [6.07, 6.45) is 3.21. The van der Waals surface area contributed by atoms with Crippen LogP contribution in [0.15, 0.2) is 48.8 Å². The molecule has 0 aliphatic carbocycles. The number of hydrogen-bond acceptors (Lipinski definition) is 4. The van der Waals surface area contributed by atoms with E-state index in [0.717, 1.165) is 24.2 Å². The zero-order valence-corrected chi connectivity index (χ0v) is 14.9. The van der Waals surface area contributed by atoms with E-state index in [0.29, 0.717) is 18.2 Å². The highest BCUT2D eigenvalue weighted by Crippen LogP contribution is 2.12. The lowest BCUT2D eigenvalue weighted by Gasteiger charge is -2.08. The lowest BCUT2D eigenvalue weighted by molar-refractivity contribution is 0.252. The van der Waals surface area contributed by atoms with Gasteiger partial charge in [0.1, 0.15) is 12.1 Å². The molecule has 0 saturated heterocycles. The van der Waals surface area contributed by atoms with Crippen LogP contribution in [0.25, 0.3) is 5.82 Å². The smallest absolute Gasteiger partial charge is 0.320 e. The Morgan fingerprint density at radius 3 is 2.65 bits per heavy atom. The highest BCUT2D eigenvalue weighted by molar-refractivity contribution is 5.88. The molecule has 3 aromatic rings. The summed E-state index contributed by atoms with van der Waals surface area (Å²) in [6, 6.07) is 13.6. The summed E-state index contributed by atoms with van der Waals surface area (Å²) in [5, 5.41) is 9.97. The Balaban J connectivity index is 1.51. The van der Waals surface area contributed by atoms with Crippen molar-refractivity contribution in [1.29, 1.82) is 0 Å². The molecule has 3 rings (SSSR count). The molecule has 0 bridgehead atoms. The van der Waals surface area contributed by atoms with Gasteiger partial charge < -0.3 is 5.32 Å². The Morgan fingerprint density at radius 2 is 1.92 bits per heavy atom. The molecule has 0 atom stereocenters. The van der Waals surface area contributed by atoms with Crippen molar-refractivity contribution in [2.75, 3.05) is 11.9 Å². The molecule has 2 heterocycles. The van der Waals surface area contributed by atoms with Gasteiger partial charge in [-0.25, -0.2) is 19.4 Å². The maximum atomic E-state index is 12.0. The topological polar surface area (TPSA) is 84.7 Å². The molecule has 0 fully saturated rings. The van der Waals surface area contributed by atoms with Gasteiger partial charge in [0.2, 0.25) is 0 Å². The third kappa shape index (κ3) is 4.66. The Hall–Kier alpha value is -3.22. The Bertz CT molecular complexity index is 875. The SMILES string of the molecule is Cc1cc(C)n(-c2cc(NC(=O)NCCCc3ccccc3)ncn2)n1. The van der Waals surface area contributed by atoms with Crippen LogP contribution in [-0.2, 0) is 6.42 Å². The number of anilines is 1. The molecule has 7 heteroatoms. The van der Waals surface area contributed by atoms with Gasteiger partial charge in [-0.05, 0) is 38.3 Å². The van der Waals surface area contributed by atoms with Crippen LogP contribution in [0.5, 0.6) is 0 Å². The van der Waals surface area contributed by atoms with E-state index in [2.05, 4.69) is 37.8 Å². The van der Waals surface area contributed by atoms with Crippen molar-refractivity contribution < 1.29 is 4.79 Å². The number of nitrogens with one attached hydrogen (secondary N) is 2. The first-order chi connectivity index (χ1) is 12.6. The number of urea groups is 1. The van der Waals surface area contributed by atoms with Crippen molar-refractivity contribution in [2.45, 2.75) is 26.7 Å². The molecule has 0 unspecified atom stereocenters. The van der Waals surface area contributed by atoms with Gasteiger partial charge in [0.15, 0.2) is 5.82 Å². The predicted molar refractivity (Wildman–Crippen MR) is 100 cm³/mol. The average Bonchev–Trinajstić information content (AvgIpc) is 2.98. The van der Waals surface area contributed by atoms with Crippen LogP contribution in [0.2, 0.25) is 0 Å². The van der Waals surface area contributed by atoms with Crippen LogP contribution in [0, 0.1) is 13.8 Å². The van der Waals surface area contributed by atoms with E-state index < -0.39 is 0 Å². The van der Waals surface area contributed by atoms with Gasteiger partial charge in [0.25, 0.3) is 0 Å². The van der Waals surface area contributed by atoms with Crippen LogP contribution in [0.3, 0.4) is 0 Å². The van der Waals surface area contributed by atoms with Gasteiger partial charge in [-0.1, -0.05) is 30.3 Å². The summed E-state index contributed by atoms with van der Waals surface area (Å²) in [6.45, 7) is 4.47. The first-order valence-electron chi connectivity index (χ1n) is 8.56. The minimum absolute atomic E-state index is 0.281. The van der Waals surface area contributed by atoms with E-state index >= 15 is 0 Å². The number of aromatic nitrogens is 4. The van der Waals surface area contributed by atoms with Crippen LogP contribution in [0.4, 0.5) is 10.6 Å². The molecule has 2 aromatic heterocycles. The zero-order valence-electron chi connectivity index (χ0n) is 14.9. The first-order valence-corrected chi connectivity index (χ1v) is 8.56. The summed E-state index contributed by atoms with van der Waals surface area (Å²) in [7, 11) is 0. The molecular formula is C19H22N6O. The molecule has 0 saturated carbocycles. The molecule has 134 valence electrons. The lowest BCUT2D eigenvalue weighted by atomic mass is 10.1. The van der Waals surface area contributed by atoms with Gasteiger partial charge >= 0.3 is 6.03 Å². The predicted octanol–water partition coefficient (Wildman–Crippen LogP) is 3.03. The third-order valence-electron chi connectivity index (χ3n) is 3.89. The first kappa shape index (κ1) is 17.6. The Morgan fingerprint density at radius 1 is 1.12 bits per heavy atom. The Labute approximate surface area is 152 Å². The molecule has 0 radical (unpaired) electrons. The summed E-state index contributed by atoms with van der Waals surface area (Å²) in [5.41, 5.74) is 3.14. The van der Waals surface area contributed by atoms with E-state index in [4.69, 9.17) is 0 Å². The van der Waals surface area contributed by atoms with Crippen LogP contribution < -0.4 is 10.6 Å². The summed E-state index contributed by atoms with van der Waals surface area (Å²) in [4.78, 5) is 20.3. The average molecular weight is 350 g/mol. The molecule has 26 heavy (non-hydrogen) atoms. The zero-order chi connectivity index (χ0) is 18.4. The number of amides is 2. The summed E-state index contributed by atoms with van der Waals surface area (Å²) >= 11 is 0. The van der Waals surface area contributed by atoms with E-state index in [1.807, 2.05) is 38.1 Å². The van der Waals surface area contributed by atoms with Crippen LogP contribution in [-0.4, -0.2) is 32.3 Å². The number of carbonyl (C=O) groups is 1. The van der Waals surface area contributed by atoms with Crippen molar-refractivity contribution in [2.24, 2.45) is 0 Å². The Kier molecular flexibility index (Phi) is 5.58. The largest absolute Gasteiger partial charge is 0.338 e. The second-order valence-electron chi connectivity index (χ2n) is 6.07. The maximum Gasteiger partial charge on any atom is 0.320 e. The van der Waals surface area contributed by atoms with E-state index in [1.165, 1.54) is 11.9 Å². The molecule has 1 aromatic carbocycles. The molecule has 2 N–H and O–H groups in total. The van der Waals surface area contributed by atoms with Crippen molar-refractivity contribution >= 4 is 11.8 Å². The third-order valence-corrected chi connectivity index (χ3v) is 3.89. The van der Waals surface area contributed by atoms with Crippen LogP contribution >= 0.6 is 0 Å². The van der Waals surface area contributed by atoms with Crippen molar-refractivity contribution in [3.8, 4) is 5.82 Å². The molecule has 0 spiro atoms. The standard InChI is InChI=1S/C19H22N6O/c1-14-11-15(2)25(24-14)18-12-17(21-13-22-18)23-19(26)20-10-6-9-16-7-4-3-5-8-16/h3-5,7-8,11-13H,6,9-10H2,1-2H3,(H2,20,21,22,23,26). The van der Waals surface area contributed by atoms with Gasteiger partial charge in [0.05, 0.1) is 5.69 Å². The molecule has 0 aliphatic heterocycles. The number of nitrogens with zero attached hydrogens (tertiary/aromatic N) is 4. The van der Waals surface area contributed by atoms with Gasteiger partial charge in [-0.3, -0.25) is 5.32 Å². The quantitative estimate of drug-likeness (QED) is 0.669. The van der Waals surface area contributed by atoms with Crippen molar-refractivity contribution in [3.05, 3.63) is 65.7 Å². The number of aryl methyl sites for hydroxylation is 3. The minimum atomic E-state index is -0.281. The highest BCUT2D eigenvalue weighted by Gasteiger charge is 2.08. The second kappa shape index (κ2) is 8.24. The number of benzene rings is 1. The van der Waals surface area contributed by atoms with E-state index in [1.54, 1.807) is 10.7 Å². The monoisotopic (exact) mass is 350 g/mol. The number of hydrogen-bond donors (Lipinski definition) is 2. The fourth-order valence-corrected chi connectivity index (χ4v) is 2.69. The molecule has 2 amide bonds. The minimum Gasteiger partial charge on any atom is -0.338 e. The van der Waals surface area contributed by atoms with Crippen LogP contribution in [0.1, 0.15) is 23.4 Å². The van der Waals surface area contributed by atoms with E-state index in [-0.39, 0.29) is 6.03 Å². The summed E-state index contributed by atoms with van der Waals surface area (Å²) < 4.78 is 1.72. The van der Waals surface area contributed by atoms with Gasteiger partial charge in [-0.2, -0.15) is 5.10 Å². The van der Waals surface area contributed by atoms with Crippen molar-refractivity contribution in [3.63, 3.8) is 0 Å². The molecule has 7 nitrogen and oxygen atoms in total. The molecule has 0 aliphatic rings. The molecular weight excluding hydrogens is 328 g/mol. The van der Waals surface area contributed by atoms with E-state index in [9.17, 15) is 4.79 Å². The van der Waals surface area contributed by atoms with Gasteiger partial charge in [0, 0.05) is 18.3 Å². The fraction of sp³-hybridized carbons (Fsp3) is 0.263. The fourth-order valence-electron chi connectivity index (χ4n) is 2.69. The van der Waals surface area contributed by atoms with Gasteiger partial charge in [-0.15, -0.1) is 0 Å². The number of carbonyl (C=O) groups excluding carboxylic acids is 1. The lowest BCUT2D eigenvalue weighted by Crippen LogP contribution is -2.30.